The second-order valence-electron chi connectivity index (χ2n) is 5.62. The van der Waals surface area contributed by atoms with Gasteiger partial charge in [0.2, 0.25) is 5.95 Å². The van der Waals surface area contributed by atoms with Gasteiger partial charge in [0.15, 0.2) is 0 Å². The van der Waals surface area contributed by atoms with Crippen LogP contribution < -0.4 is 11.1 Å². The molecule has 6 heteroatoms. The van der Waals surface area contributed by atoms with Crippen LogP contribution in [-0.2, 0) is 17.6 Å². The summed E-state index contributed by atoms with van der Waals surface area (Å²) in [6.07, 6.45) is 4.22. The number of aryl methyl sites for hydroxylation is 2. The predicted molar refractivity (Wildman–Crippen MR) is 76.4 cm³/mol. The Hall–Kier alpha value is -1.27. The molecular weight excluding hydrogens is 254 g/mol. The fourth-order valence-electron chi connectivity index (χ4n) is 3.27. The van der Waals surface area contributed by atoms with Gasteiger partial charge in [-0.3, -0.25) is 0 Å². The van der Waals surface area contributed by atoms with Crippen LogP contribution in [0.15, 0.2) is 0 Å². The molecule has 4 unspecified atom stereocenters. The van der Waals surface area contributed by atoms with Crippen molar-refractivity contribution in [1.29, 1.82) is 0 Å². The molecule has 1 aromatic rings. The predicted octanol–water partition coefficient (Wildman–Crippen LogP) is 0.913. The van der Waals surface area contributed by atoms with E-state index in [2.05, 4.69) is 34.3 Å². The summed E-state index contributed by atoms with van der Waals surface area (Å²) >= 11 is 0. The molecule has 6 nitrogen and oxygen atoms in total. The average Bonchev–Trinajstić information content (AvgIpc) is 2.51. The Morgan fingerprint density at radius 3 is 2.80 bits per heavy atom. The van der Waals surface area contributed by atoms with Gasteiger partial charge in [0.05, 0.1) is 23.5 Å². The highest BCUT2D eigenvalue weighted by atomic mass is 16.5. The van der Waals surface area contributed by atoms with E-state index in [0.29, 0.717) is 11.9 Å². The van der Waals surface area contributed by atoms with Crippen molar-refractivity contribution in [2.24, 2.45) is 11.7 Å². The van der Waals surface area contributed by atoms with E-state index >= 15 is 0 Å². The number of nitrogens with two attached hydrogens (primary N) is 1. The summed E-state index contributed by atoms with van der Waals surface area (Å²) in [7, 11) is 0. The van der Waals surface area contributed by atoms with Crippen molar-refractivity contribution in [3.05, 3.63) is 11.4 Å². The van der Waals surface area contributed by atoms with Crippen molar-refractivity contribution in [1.82, 2.24) is 15.2 Å². The molecule has 0 radical (unpaired) electrons. The van der Waals surface area contributed by atoms with Crippen LogP contribution in [0.4, 0.5) is 5.95 Å². The van der Waals surface area contributed by atoms with Crippen LogP contribution in [0.25, 0.3) is 0 Å². The molecule has 0 aromatic carbocycles. The fourth-order valence-corrected chi connectivity index (χ4v) is 3.27. The normalized spacial score (nSPS) is 32.4. The maximum atomic E-state index is 6.23. The van der Waals surface area contributed by atoms with Crippen molar-refractivity contribution in [3.63, 3.8) is 0 Å². The molecule has 2 heterocycles. The molecule has 2 aliphatic rings. The number of ether oxygens (including phenoxy) is 1. The molecule has 1 aliphatic heterocycles. The van der Waals surface area contributed by atoms with E-state index in [1.165, 1.54) is 0 Å². The second-order valence-corrected chi connectivity index (χ2v) is 5.62. The second kappa shape index (κ2) is 5.61. The molecule has 1 saturated carbocycles. The number of nitrogens with one attached hydrogen (secondary N) is 1. The van der Waals surface area contributed by atoms with Crippen molar-refractivity contribution in [2.75, 3.05) is 11.9 Å². The lowest BCUT2D eigenvalue weighted by molar-refractivity contribution is -0.104. The van der Waals surface area contributed by atoms with Gasteiger partial charge in [0.1, 0.15) is 0 Å². The summed E-state index contributed by atoms with van der Waals surface area (Å²) in [5, 5.41) is 11.7. The summed E-state index contributed by atoms with van der Waals surface area (Å²) in [5.41, 5.74) is 8.22. The smallest absolute Gasteiger partial charge is 0.243 e. The van der Waals surface area contributed by atoms with E-state index in [-0.39, 0.29) is 18.2 Å². The van der Waals surface area contributed by atoms with Crippen LogP contribution >= 0.6 is 0 Å². The van der Waals surface area contributed by atoms with Gasteiger partial charge in [-0.2, -0.15) is 5.10 Å². The maximum absolute atomic E-state index is 6.23. The molecule has 2 fully saturated rings. The topological polar surface area (TPSA) is 86.0 Å². The Labute approximate surface area is 119 Å². The molecule has 0 amide bonds. The zero-order valence-corrected chi connectivity index (χ0v) is 12.2. The summed E-state index contributed by atoms with van der Waals surface area (Å²) in [6.45, 7) is 4.99. The molecule has 1 aliphatic carbocycles. The van der Waals surface area contributed by atoms with Gasteiger partial charge in [-0.15, -0.1) is 5.10 Å². The first-order chi connectivity index (χ1) is 9.74. The minimum Gasteiger partial charge on any atom is -0.376 e. The van der Waals surface area contributed by atoms with Gasteiger partial charge < -0.3 is 15.8 Å². The third-order valence-electron chi connectivity index (χ3n) is 4.48. The van der Waals surface area contributed by atoms with Crippen molar-refractivity contribution < 1.29 is 4.74 Å². The Morgan fingerprint density at radius 1 is 1.25 bits per heavy atom. The lowest BCUT2D eigenvalue weighted by Crippen LogP contribution is -2.69. The van der Waals surface area contributed by atoms with Crippen LogP contribution in [0, 0.1) is 5.92 Å². The number of anilines is 1. The molecule has 110 valence electrons. The van der Waals surface area contributed by atoms with E-state index in [4.69, 9.17) is 10.5 Å². The van der Waals surface area contributed by atoms with Gasteiger partial charge in [0.25, 0.3) is 0 Å². The van der Waals surface area contributed by atoms with Gasteiger partial charge in [-0.25, -0.2) is 4.98 Å². The molecule has 0 bridgehead atoms. The molecular formula is C14H23N5O. The van der Waals surface area contributed by atoms with Crippen LogP contribution in [-0.4, -0.2) is 40.0 Å². The van der Waals surface area contributed by atoms with E-state index in [1.807, 2.05) is 0 Å². The number of aromatic nitrogens is 3. The Kier molecular flexibility index (Phi) is 3.85. The molecule has 0 spiro atoms. The average molecular weight is 277 g/mol. The number of fused-ring (bicyclic) bond motifs is 1. The van der Waals surface area contributed by atoms with Crippen molar-refractivity contribution in [3.8, 4) is 0 Å². The minimum absolute atomic E-state index is 0.110. The largest absolute Gasteiger partial charge is 0.376 e. The Bertz CT molecular complexity index is 481. The highest BCUT2D eigenvalue weighted by Crippen LogP contribution is 2.38. The summed E-state index contributed by atoms with van der Waals surface area (Å²) in [4.78, 5) is 4.56. The van der Waals surface area contributed by atoms with E-state index in [1.54, 1.807) is 0 Å². The van der Waals surface area contributed by atoms with Gasteiger partial charge in [0, 0.05) is 18.6 Å². The molecule has 20 heavy (non-hydrogen) atoms. The fraction of sp³-hybridized carbons (Fsp3) is 0.786. The highest BCUT2D eigenvalue weighted by molar-refractivity contribution is 5.32. The third kappa shape index (κ3) is 2.27. The van der Waals surface area contributed by atoms with Crippen LogP contribution in [0.3, 0.4) is 0 Å². The standard InChI is InChI=1S/C14H23N5O/c1-3-9-10(4-2)18-19-14(16-9)17-12-11(15)8-6-5-7-20-13(8)12/h8,11-13H,3-7,15H2,1-2H3,(H,16,17,19). The third-order valence-corrected chi connectivity index (χ3v) is 4.48. The number of hydrogen-bond donors (Lipinski definition) is 2. The zero-order chi connectivity index (χ0) is 14.1. The lowest BCUT2D eigenvalue weighted by atomic mass is 9.69. The zero-order valence-electron chi connectivity index (χ0n) is 12.2. The molecule has 4 atom stereocenters. The molecule has 1 aromatic heterocycles. The highest BCUT2D eigenvalue weighted by Gasteiger charge is 2.50. The first kappa shape index (κ1) is 13.7. The molecule has 3 rings (SSSR count). The minimum atomic E-state index is 0.110. The quantitative estimate of drug-likeness (QED) is 0.851. The Balaban J connectivity index is 1.71. The Morgan fingerprint density at radius 2 is 2.05 bits per heavy atom. The van der Waals surface area contributed by atoms with E-state index < -0.39 is 0 Å². The summed E-state index contributed by atoms with van der Waals surface area (Å²) < 4.78 is 5.82. The number of hydrogen-bond acceptors (Lipinski definition) is 6. The van der Waals surface area contributed by atoms with Gasteiger partial charge in [-0.1, -0.05) is 13.8 Å². The van der Waals surface area contributed by atoms with Gasteiger partial charge in [-0.05, 0) is 25.7 Å². The maximum Gasteiger partial charge on any atom is 0.243 e. The SMILES string of the molecule is CCc1nnc(NC2C(N)C3CCCOC32)nc1CC. The first-order valence-electron chi connectivity index (χ1n) is 7.60. The van der Waals surface area contributed by atoms with E-state index in [9.17, 15) is 0 Å². The monoisotopic (exact) mass is 277 g/mol. The van der Waals surface area contributed by atoms with Crippen molar-refractivity contribution in [2.45, 2.75) is 57.7 Å². The summed E-state index contributed by atoms with van der Waals surface area (Å²) in [5.74, 6) is 1.06. The van der Waals surface area contributed by atoms with Crippen molar-refractivity contribution >= 4 is 5.95 Å². The van der Waals surface area contributed by atoms with E-state index in [0.717, 1.165) is 43.7 Å². The van der Waals surface area contributed by atoms with Crippen LogP contribution in [0.5, 0.6) is 0 Å². The number of nitrogens with zero attached hydrogens (tertiary/aromatic N) is 3. The summed E-state index contributed by atoms with van der Waals surface area (Å²) in [6, 6.07) is 0.235. The molecule has 3 N–H and O–H groups in total. The van der Waals surface area contributed by atoms with Crippen LogP contribution in [0.2, 0.25) is 0 Å². The van der Waals surface area contributed by atoms with Crippen LogP contribution in [0.1, 0.15) is 38.1 Å². The molecule has 1 saturated heterocycles. The lowest BCUT2D eigenvalue weighted by Gasteiger charge is -2.52. The number of rotatable bonds is 4. The first-order valence-corrected chi connectivity index (χ1v) is 7.60. The van der Waals surface area contributed by atoms with Gasteiger partial charge >= 0.3 is 0 Å².